The summed E-state index contributed by atoms with van der Waals surface area (Å²) < 4.78 is 19.1. The molecule has 1 aromatic carbocycles. The number of carbonyl (C=O) groups excluding carboxylic acids is 2. The number of rotatable bonds is 4. The number of methoxy groups -OCH3 is 1. The third-order valence-electron chi connectivity index (χ3n) is 4.02. The second-order valence-electron chi connectivity index (χ2n) is 5.72. The molecule has 0 radical (unpaired) electrons. The molecule has 1 fully saturated rings. The first-order valence-corrected chi connectivity index (χ1v) is 7.45. The maximum absolute atomic E-state index is 14.0. The Morgan fingerprint density at radius 2 is 2.22 bits per heavy atom. The van der Waals surface area contributed by atoms with Crippen LogP contribution in [0.25, 0.3) is 0 Å². The fraction of sp³-hybridized carbons (Fsp3) is 0.500. The number of nitrogens with zero attached hydrogens (tertiary/aromatic N) is 1. The van der Waals surface area contributed by atoms with E-state index in [1.807, 2.05) is 0 Å². The van der Waals surface area contributed by atoms with Gasteiger partial charge in [-0.15, -0.1) is 0 Å². The first-order valence-electron chi connectivity index (χ1n) is 7.45. The first-order chi connectivity index (χ1) is 10.9. The molecule has 0 bridgehead atoms. The molecular formula is C16H21FN2O4. The second kappa shape index (κ2) is 6.95. The number of hydrogen-bond acceptors (Lipinski definition) is 4. The molecule has 1 atom stereocenters. The lowest BCUT2D eigenvalue weighted by Gasteiger charge is -2.39. The van der Waals surface area contributed by atoms with E-state index in [2.05, 4.69) is 5.32 Å². The predicted molar refractivity (Wildman–Crippen MR) is 81.7 cm³/mol. The summed E-state index contributed by atoms with van der Waals surface area (Å²) in [5, 5.41) is 13.0. The quantitative estimate of drug-likeness (QED) is 0.864. The van der Waals surface area contributed by atoms with E-state index in [4.69, 9.17) is 4.74 Å². The van der Waals surface area contributed by atoms with Crippen LogP contribution in [-0.4, -0.2) is 54.7 Å². The Kier molecular flexibility index (Phi) is 5.20. The van der Waals surface area contributed by atoms with Crippen LogP contribution in [-0.2, 0) is 4.79 Å². The average Bonchev–Trinajstić information content (AvgIpc) is 2.53. The SMILES string of the molecule is CNC(=O)CC1(O)CCCN(C(=O)c2c(F)cccc2OC)C1. The highest BCUT2D eigenvalue weighted by molar-refractivity contribution is 5.97. The van der Waals surface area contributed by atoms with Crippen molar-refractivity contribution in [2.24, 2.45) is 0 Å². The number of amides is 2. The highest BCUT2D eigenvalue weighted by Crippen LogP contribution is 2.28. The maximum atomic E-state index is 14.0. The van der Waals surface area contributed by atoms with Crippen LogP contribution in [0, 0.1) is 5.82 Å². The zero-order valence-corrected chi connectivity index (χ0v) is 13.3. The number of aliphatic hydroxyl groups is 1. The lowest BCUT2D eigenvalue weighted by Crippen LogP contribution is -2.52. The third-order valence-corrected chi connectivity index (χ3v) is 4.02. The Hall–Kier alpha value is -2.15. The van der Waals surface area contributed by atoms with Gasteiger partial charge in [0.1, 0.15) is 17.1 Å². The van der Waals surface area contributed by atoms with Crippen LogP contribution in [0.15, 0.2) is 18.2 Å². The Morgan fingerprint density at radius 3 is 2.87 bits per heavy atom. The van der Waals surface area contributed by atoms with Gasteiger partial charge in [0.05, 0.1) is 25.7 Å². The van der Waals surface area contributed by atoms with Gasteiger partial charge < -0.3 is 20.1 Å². The number of carbonyl (C=O) groups is 2. The molecule has 126 valence electrons. The summed E-state index contributed by atoms with van der Waals surface area (Å²) >= 11 is 0. The highest BCUT2D eigenvalue weighted by atomic mass is 19.1. The summed E-state index contributed by atoms with van der Waals surface area (Å²) in [6, 6.07) is 4.16. The van der Waals surface area contributed by atoms with Gasteiger partial charge >= 0.3 is 0 Å². The number of nitrogens with one attached hydrogen (secondary N) is 1. The van der Waals surface area contributed by atoms with E-state index < -0.39 is 17.3 Å². The number of halogens is 1. The predicted octanol–water partition coefficient (Wildman–Crippen LogP) is 0.937. The average molecular weight is 324 g/mol. The number of benzene rings is 1. The molecule has 6 nitrogen and oxygen atoms in total. The minimum absolute atomic E-state index is 0.0171. The van der Waals surface area contributed by atoms with Crippen LogP contribution in [0.2, 0.25) is 0 Å². The van der Waals surface area contributed by atoms with Gasteiger partial charge in [-0.1, -0.05) is 6.07 Å². The Morgan fingerprint density at radius 1 is 1.48 bits per heavy atom. The van der Waals surface area contributed by atoms with Crippen molar-refractivity contribution in [1.29, 1.82) is 0 Å². The summed E-state index contributed by atoms with van der Waals surface area (Å²) in [6.07, 6.45) is 0.857. The zero-order valence-electron chi connectivity index (χ0n) is 13.3. The van der Waals surface area contributed by atoms with Gasteiger partial charge in [0, 0.05) is 13.6 Å². The monoisotopic (exact) mass is 324 g/mol. The van der Waals surface area contributed by atoms with Gasteiger partial charge in [0.25, 0.3) is 5.91 Å². The third kappa shape index (κ3) is 3.79. The van der Waals surface area contributed by atoms with Crippen molar-refractivity contribution in [3.63, 3.8) is 0 Å². The molecule has 1 aromatic rings. The largest absolute Gasteiger partial charge is 0.496 e. The Labute approximate surface area is 134 Å². The van der Waals surface area contributed by atoms with Crippen LogP contribution in [0.5, 0.6) is 5.75 Å². The molecule has 1 saturated heterocycles. The molecule has 1 aliphatic heterocycles. The smallest absolute Gasteiger partial charge is 0.260 e. The van der Waals surface area contributed by atoms with Crippen molar-refractivity contribution in [2.75, 3.05) is 27.2 Å². The zero-order chi connectivity index (χ0) is 17.0. The van der Waals surface area contributed by atoms with Gasteiger partial charge in [0.15, 0.2) is 0 Å². The lowest BCUT2D eigenvalue weighted by atomic mass is 9.89. The lowest BCUT2D eigenvalue weighted by molar-refractivity contribution is -0.127. The van der Waals surface area contributed by atoms with Gasteiger partial charge in [-0.3, -0.25) is 9.59 Å². The molecule has 0 aliphatic carbocycles. The van der Waals surface area contributed by atoms with E-state index in [1.165, 1.54) is 37.3 Å². The van der Waals surface area contributed by atoms with Crippen LogP contribution < -0.4 is 10.1 Å². The van der Waals surface area contributed by atoms with E-state index in [9.17, 15) is 19.1 Å². The number of hydrogen-bond donors (Lipinski definition) is 2. The van der Waals surface area contributed by atoms with Crippen molar-refractivity contribution in [3.05, 3.63) is 29.6 Å². The van der Waals surface area contributed by atoms with E-state index in [0.29, 0.717) is 19.4 Å². The summed E-state index contributed by atoms with van der Waals surface area (Å²) in [5.74, 6) is -1.37. The summed E-state index contributed by atoms with van der Waals surface area (Å²) in [4.78, 5) is 25.5. The Bertz CT molecular complexity index is 608. The molecule has 2 N–H and O–H groups in total. The number of piperidine rings is 1. The van der Waals surface area contributed by atoms with Crippen molar-refractivity contribution in [1.82, 2.24) is 10.2 Å². The normalized spacial score (nSPS) is 21.0. The van der Waals surface area contributed by atoms with Crippen LogP contribution in [0.3, 0.4) is 0 Å². The standard InChI is InChI=1S/C16H21FN2O4/c1-18-13(20)9-16(22)7-4-8-19(10-16)15(21)14-11(17)5-3-6-12(14)23-2/h3,5-6,22H,4,7-10H2,1-2H3,(H,18,20). The fourth-order valence-electron chi connectivity index (χ4n) is 2.86. The van der Waals surface area contributed by atoms with Gasteiger partial charge in [-0.2, -0.15) is 0 Å². The van der Waals surface area contributed by atoms with E-state index in [1.54, 1.807) is 0 Å². The van der Waals surface area contributed by atoms with E-state index in [-0.39, 0.29) is 30.2 Å². The molecule has 0 spiro atoms. The molecule has 7 heteroatoms. The number of β-amino-alcohol motifs (C(OH)–C–C–N with tert-alkyl or cyclic N) is 1. The van der Waals surface area contributed by atoms with E-state index >= 15 is 0 Å². The molecule has 1 heterocycles. The number of likely N-dealkylation sites (tertiary alicyclic amines) is 1. The minimum atomic E-state index is -1.30. The van der Waals surface area contributed by atoms with Crippen molar-refractivity contribution in [3.8, 4) is 5.75 Å². The molecular weight excluding hydrogens is 303 g/mol. The first kappa shape index (κ1) is 17.2. The van der Waals surface area contributed by atoms with Crippen molar-refractivity contribution in [2.45, 2.75) is 24.9 Å². The maximum Gasteiger partial charge on any atom is 0.260 e. The van der Waals surface area contributed by atoms with Crippen LogP contribution in [0.4, 0.5) is 4.39 Å². The molecule has 2 rings (SSSR count). The summed E-state index contributed by atoms with van der Waals surface area (Å²) in [6.45, 7) is 0.378. The molecule has 0 saturated carbocycles. The summed E-state index contributed by atoms with van der Waals surface area (Å²) in [5.41, 5.74) is -1.45. The van der Waals surface area contributed by atoms with Gasteiger partial charge in [-0.25, -0.2) is 4.39 Å². The van der Waals surface area contributed by atoms with Crippen LogP contribution in [0.1, 0.15) is 29.6 Å². The van der Waals surface area contributed by atoms with Crippen LogP contribution >= 0.6 is 0 Å². The summed E-state index contributed by atoms with van der Waals surface area (Å²) in [7, 11) is 2.85. The fourth-order valence-corrected chi connectivity index (χ4v) is 2.86. The molecule has 1 aliphatic rings. The van der Waals surface area contributed by atoms with E-state index in [0.717, 1.165) is 0 Å². The van der Waals surface area contributed by atoms with Crippen molar-refractivity contribution < 1.29 is 23.8 Å². The second-order valence-corrected chi connectivity index (χ2v) is 5.72. The minimum Gasteiger partial charge on any atom is -0.496 e. The molecule has 1 unspecified atom stereocenters. The molecule has 23 heavy (non-hydrogen) atoms. The molecule has 0 aromatic heterocycles. The van der Waals surface area contributed by atoms with Gasteiger partial charge in [0.2, 0.25) is 5.91 Å². The molecule has 2 amide bonds. The van der Waals surface area contributed by atoms with Crippen molar-refractivity contribution >= 4 is 11.8 Å². The highest BCUT2D eigenvalue weighted by Gasteiger charge is 2.38. The van der Waals surface area contributed by atoms with Gasteiger partial charge in [-0.05, 0) is 25.0 Å². The number of ether oxygens (including phenoxy) is 1. The topological polar surface area (TPSA) is 78.9 Å². The Balaban J connectivity index is 2.22.